The predicted molar refractivity (Wildman–Crippen MR) is 113 cm³/mol. The highest BCUT2D eigenvalue weighted by atomic mass is 79.9. The van der Waals surface area contributed by atoms with Crippen LogP contribution in [0.2, 0.25) is 5.02 Å². The van der Waals surface area contributed by atoms with Crippen molar-refractivity contribution >= 4 is 51.0 Å². The summed E-state index contributed by atoms with van der Waals surface area (Å²) < 4.78 is 8.51. The van der Waals surface area contributed by atoms with Crippen LogP contribution >= 0.6 is 39.3 Å². The molecule has 0 aliphatic heterocycles. The smallest absolute Gasteiger partial charge is 0.236 e. The van der Waals surface area contributed by atoms with Crippen LogP contribution in [0.3, 0.4) is 0 Å². The van der Waals surface area contributed by atoms with Gasteiger partial charge in [0.15, 0.2) is 11.0 Å². The van der Waals surface area contributed by atoms with Crippen molar-refractivity contribution < 1.29 is 9.53 Å². The largest absolute Gasteiger partial charge is 0.486 e. The van der Waals surface area contributed by atoms with Gasteiger partial charge in [-0.05, 0) is 59.3 Å². The Balaban J connectivity index is 1.56. The van der Waals surface area contributed by atoms with Gasteiger partial charge < -0.3 is 14.6 Å². The fourth-order valence-corrected chi connectivity index (χ4v) is 3.47. The first-order valence-electron chi connectivity index (χ1n) is 8.40. The minimum absolute atomic E-state index is 0.163. The van der Waals surface area contributed by atoms with Gasteiger partial charge in [0.05, 0.1) is 5.75 Å². The van der Waals surface area contributed by atoms with Gasteiger partial charge in [-0.25, -0.2) is 4.98 Å². The second kappa shape index (κ2) is 9.90. The Morgan fingerprint density at radius 1 is 1.25 bits per heavy atom. The molecular weight excluding hydrogens is 466 g/mol. The van der Waals surface area contributed by atoms with Gasteiger partial charge >= 0.3 is 0 Å². The van der Waals surface area contributed by atoms with Crippen molar-refractivity contribution in [3.63, 3.8) is 0 Å². The number of rotatable bonds is 8. The molecule has 0 atom stereocenters. The molecule has 10 heteroatoms. The highest BCUT2D eigenvalue weighted by Crippen LogP contribution is 2.20. The summed E-state index contributed by atoms with van der Waals surface area (Å²) >= 11 is 10.5. The molecule has 0 radical (unpaired) electrons. The lowest BCUT2D eigenvalue weighted by Gasteiger charge is -2.09. The zero-order valence-corrected chi connectivity index (χ0v) is 18.1. The molecule has 1 aromatic carbocycles. The number of pyridine rings is 1. The topological polar surface area (TPSA) is 81.9 Å². The molecule has 1 N–H and O–H groups in total. The van der Waals surface area contributed by atoms with Crippen LogP contribution in [0.15, 0.2) is 52.2 Å². The van der Waals surface area contributed by atoms with Crippen molar-refractivity contribution in [3.05, 3.63) is 57.9 Å². The van der Waals surface area contributed by atoms with Gasteiger partial charge in [-0.1, -0.05) is 23.4 Å². The third kappa shape index (κ3) is 5.70. The van der Waals surface area contributed by atoms with Gasteiger partial charge in [0.2, 0.25) is 5.91 Å². The number of benzene rings is 1. The number of nitrogens with one attached hydrogen (secondary N) is 1. The lowest BCUT2D eigenvalue weighted by atomic mass is 10.3. The van der Waals surface area contributed by atoms with Crippen molar-refractivity contribution in [2.45, 2.75) is 25.2 Å². The SMILES string of the molecule is CCn1c(COc2ccc(Cl)cc2)nnc1SCC(=O)Nc1ccc(Br)cn1. The van der Waals surface area contributed by atoms with Crippen LogP contribution in [0.4, 0.5) is 5.82 Å². The Kier molecular flexibility index (Phi) is 7.30. The van der Waals surface area contributed by atoms with Gasteiger partial charge in [0, 0.05) is 22.2 Å². The van der Waals surface area contributed by atoms with E-state index in [0.29, 0.717) is 34.1 Å². The number of amides is 1. The van der Waals surface area contributed by atoms with E-state index in [4.69, 9.17) is 16.3 Å². The number of anilines is 1. The molecule has 1 amide bonds. The standard InChI is InChI=1S/C18H17BrClN5O2S/c1-2-25-16(10-27-14-6-4-13(20)5-7-14)23-24-18(25)28-11-17(26)22-15-8-3-12(19)9-21-15/h3-9H,2,10-11H2,1H3,(H,21,22,26). The van der Waals surface area contributed by atoms with Crippen molar-refractivity contribution in [1.82, 2.24) is 19.7 Å². The minimum atomic E-state index is -0.163. The normalized spacial score (nSPS) is 10.7. The molecule has 3 aromatic rings. The van der Waals surface area contributed by atoms with Crippen LogP contribution in [-0.4, -0.2) is 31.4 Å². The van der Waals surface area contributed by atoms with E-state index in [1.165, 1.54) is 11.8 Å². The van der Waals surface area contributed by atoms with Crippen LogP contribution in [0.25, 0.3) is 0 Å². The molecule has 0 bridgehead atoms. The first kappa shape index (κ1) is 20.6. The first-order valence-corrected chi connectivity index (χ1v) is 10.6. The van der Waals surface area contributed by atoms with Crippen molar-refractivity contribution in [3.8, 4) is 5.75 Å². The van der Waals surface area contributed by atoms with Crippen LogP contribution in [0, 0.1) is 0 Å². The summed E-state index contributed by atoms with van der Waals surface area (Å²) in [6.45, 7) is 2.94. The van der Waals surface area contributed by atoms with E-state index in [9.17, 15) is 4.79 Å². The Bertz CT molecular complexity index is 934. The van der Waals surface area contributed by atoms with Gasteiger partial charge in [0.1, 0.15) is 18.2 Å². The highest BCUT2D eigenvalue weighted by molar-refractivity contribution is 9.10. The molecule has 0 spiro atoms. The average Bonchev–Trinajstić information content (AvgIpc) is 3.09. The number of hydrogen-bond acceptors (Lipinski definition) is 6. The maximum absolute atomic E-state index is 12.1. The van der Waals surface area contributed by atoms with Gasteiger partial charge in [-0.3, -0.25) is 4.79 Å². The van der Waals surface area contributed by atoms with Gasteiger partial charge in [-0.2, -0.15) is 0 Å². The molecule has 28 heavy (non-hydrogen) atoms. The van der Waals surface area contributed by atoms with E-state index in [-0.39, 0.29) is 18.3 Å². The van der Waals surface area contributed by atoms with Crippen LogP contribution in [-0.2, 0) is 17.9 Å². The molecule has 0 aliphatic carbocycles. The summed E-state index contributed by atoms with van der Waals surface area (Å²) in [6, 6.07) is 10.7. The number of hydrogen-bond donors (Lipinski definition) is 1. The Morgan fingerprint density at radius 2 is 2.04 bits per heavy atom. The number of thioether (sulfide) groups is 1. The monoisotopic (exact) mass is 481 g/mol. The molecule has 0 unspecified atom stereocenters. The van der Waals surface area contributed by atoms with Crippen molar-refractivity contribution in [2.24, 2.45) is 0 Å². The first-order chi connectivity index (χ1) is 13.5. The number of aromatic nitrogens is 4. The summed E-state index contributed by atoms with van der Waals surface area (Å²) in [7, 11) is 0. The molecule has 2 aromatic heterocycles. The number of ether oxygens (including phenoxy) is 1. The van der Waals surface area contributed by atoms with E-state index in [1.54, 1.807) is 36.5 Å². The molecular formula is C18H17BrClN5O2S. The molecule has 0 saturated heterocycles. The van der Waals surface area contributed by atoms with Crippen molar-refractivity contribution in [1.29, 1.82) is 0 Å². The van der Waals surface area contributed by atoms with Crippen LogP contribution in [0.1, 0.15) is 12.7 Å². The third-order valence-corrected chi connectivity index (χ3v) is 5.31. The highest BCUT2D eigenvalue weighted by Gasteiger charge is 2.14. The predicted octanol–water partition coefficient (Wildman–Crippen LogP) is 4.42. The fraction of sp³-hybridized carbons (Fsp3) is 0.222. The molecule has 2 heterocycles. The molecule has 0 fully saturated rings. The molecule has 0 saturated carbocycles. The second-order valence-electron chi connectivity index (χ2n) is 5.58. The van der Waals surface area contributed by atoms with Crippen LogP contribution < -0.4 is 10.1 Å². The number of halogens is 2. The number of carbonyl (C=O) groups is 1. The molecule has 0 aliphatic rings. The maximum atomic E-state index is 12.1. The Morgan fingerprint density at radius 3 is 2.71 bits per heavy atom. The molecule has 146 valence electrons. The molecule has 3 rings (SSSR count). The van der Waals surface area contributed by atoms with E-state index in [1.807, 2.05) is 17.6 Å². The summed E-state index contributed by atoms with van der Waals surface area (Å²) in [6.07, 6.45) is 1.63. The summed E-state index contributed by atoms with van der Waals surface area (Å²) in [4.78, 5) is 16.3. The lowest BCUT2D eigenvalue weighted by Crippen LogP contribution is -2.15. The van der Waals surface area contributed by atoms with E-state index in [2.05, 4.69) is 36.4 Å². The van der Waals surface area contributed by atoms with Crippen molar-refractivity contribution in [2.75, 3.05) is 11.1 Å². The maximum Gasteiger partial charge on any atom is 0.236 e. The van der Waals surface area contributed by atoms with Crippen LogP contribution in [0.5, 0.6) is 5.75 Å². The quantitative estimate of drug-likeness (QED) is 0.479. The van der Waals surface area contributed by atoms with E-state index in [0.717, 1.165) is 4.47 Å². The van der Waals surface area contributed by atoms with E-state index < -0.39 is 0 Å². The zero-order chi connectivity index (χ0) is 19.9. The zero-order valence-electron chi connectivity index (χ0n) is 14.9. The minimum Gasteiger partial charge on any atom is -0.486 e. The number of nitrogens with zero attached hydrogens (tertiary/aromatic N) is 4. The lowest BCUT2D eigenvalue weighted by molar-refractivity contribution is -0.113. The average molecular weight is 483 g/mol. The third-order valence-electron chi connectivity index (χ3n) is 3.62. The summed E-state index contributed by atoms with van der Waals surface area (Å²) in [5.74, 6) is 1.93. The fourth-order valence-electron chi connectivity index (χ4n) is 2.29. The second-order valence-corrected chi connectivity index (χ2v) is 7.88. The van der Waals surface area contributed by atoms with Gasteiger partial charge in [0.25, 0.3) is 0 Å². The number of carbonyl (C=O) groups excluding carboxylic acids is 1. The van der Waals surface area contributed by atoms with E-state index >= 15 is 0 Å². The Hall–Kier alpha value is -2.10. The van der Waals surface area contributed by atoms with Gasteiger partial charge in [-0.15, -0.1) is 10.2 Å². The Labute approximate surface area is 180 Å². The summed E-state index contributed by atoms with van der Waals surface area (Å²) in [5, 5.41) is 12.4. The molecule has 7 nitrogen and oxygen atoms in total. The summed E-state index contributed by atoms with van der Waals surface area (Å²) in [5.41, 5.74) is 0.